The van der Waals surface area contributed by atoms with E-state index >= 15 is 0 Å². The molecule has 2 amide bonds. The minimum Gasteiger partial charge on any atom is -0.480 e. The fourth-order valence-corrected chi connectivity index (χ4v) is 5.05. The molecule has 1 aromatic carbocycles. The Bertz CT molecular complexity index is 1180. The van der Waals surface area contributed by atoms with Crippen LogP contribution in [0, 0.1) is 5.92 Å². The number of ether oxygens (including phenoxy) is 1. The number of amides is 2. The van der Waals surface area contributed by atoms with Crippen LogP contribution in [-0.4, -0.2) is 56.2 Å². The van der Waals surface area contributed by atoms with Crippen molar-refractivity contribution in [2.24, 2.45) is 5.92 Å². The zero-order valence-corrected chi connectivity index (χ0v) is 19.4. The summed E-state index contributed by atoms with van der Waals surface area (Å²) in [6.07, 6.45) is 5.73. The Morgan fingerprint density at radius 2 is 1.94 bits per heavy atom. The van der Waals surface area contributed by atoms with Gasteiger partial charge in [-0.2, -0.15) is 4.52 Å². The van der Waals surface area contributed by atoms with E-state index in [2.05, 4.69) is 20.6 Å². The molecule has 178 valence electrons. The Kier molecular flexibility index (Phi) is 6.42. The number of carbonyl (C=O) groups is 2. The van der Waals surface area contributed by atoms with E-state index in [1.807, 2.05) is 35.2 Å². The van der Waals surface area contributed by atoms with E-state index in [1.54, 1.807) is 17.7 Å². The van der Waals surface area contributed by atoms with Crippen molar-refractivity contribution in [3.63, 3.8) is 0 Å². The van der Waals surface area contributed by atoms with Crippen molar-refractivity contribution in [3.05, 3.63) is 53.3 Å². The summed E-state index contributed by atoms with van der Waals surface area (Å²) in [7, 11) is 1.57. The first-order chi connectivity index (χ1) is 16.6. The van der Waals surface area contributed by atoms with Crippen LogP contribution in [0.2, 0.25) is 0 Å². The van der Waals surface area contributed by atoms with E-state index in [9.17, 15) is 9.59 Å². The summed E-state index contributed by atoms with van der Waals surface area (Å²) in [5.41, 5.74) is 2.64. The Balaban J connectivity index is 1.04. The third-order valence-electron chi connectivity index (χ3n) is 6.90. The highest BCUT2D eigenvalue weighted by atomic mass is 16.5. The predicted octanol–water partition coefficient (Wildman–Crippen LogP) is 2.79. The van der Waals surface area contributed by atoms with E-state index in [0.29, 0.717) is 36.7 Å². The number of hydrogen-bond donors (Lipinski definition) is 1. The normalized spacial score (nSPS) is 19.9. The Hall–Kier alpha value is -3.49. The van der Waals surface area contributed by atoms with Gasteiger partial charge in [-0.1, -0.05) is 18.2 Å². The molecule has 1 N–H and O–H groups in total. The average molecular weight is 463 g/mol. The Labute approximate surface area is 198 Å². The highest BCUT2D eigenvalue weighted by Crippen LogP contribution is 2.29. The molecule has 0 unspecified atom stereocenters. The van der Waals surface area contributed by atoms with Crippen molar-refractivity contribution in [1.82, 2.24) is 30.0 Å². The first-order valence-electron chi connectivity index (χ1n) is 12.0. The molecule has 3 aromatic rings. The van der Waals surface area contributed by atoms with Gasteiger partial charge >= 0.3 is 0 Å². The van der Waals surface area contributed by atoms with Gasteiger partial charge < -0.3 is 15.0 Å². The van der Waals surface area contributed by atoms with Crippen LogP contribution in [0.15, 0.2) is 36.4 Å². The van der Waals surface area contributed by atoms with Gasteiger partial charge in [0.05, 0.1) is 7.11 Å². The van der Waals surface area contributed by atoms with Gasteiger partial charge in [0.2, 0.25) is 11.8 Å². The monoisotopic (exact) mass is 462 g/mol. The molecule has 2 aromatic heterocycles. The van der Waals surface area contributed by atoms with Crippen molar-refractivity contribution < 1.29 is 14.3 Å². The van der Waals surface area contributed by atoms with Crippen molar-refractivity contribution in [1.29, 1.82) is 0 Å². The Morgan fingerprint density at radius 1 is 1.12 bits per heavy atom. The molecule has 34 heavy (non-hydrogen) atoms. The lowest BCUT2D eigenvalue weighted by Crippen LogP contribution is -2.39. The number of nitrogens with one attached hydrogen (secondary N) is 1. The van der Waals surface area contributed by atoms with E-state index in [1.165, 1.54) is 0 Å². The molecule has 9 heteroatoms. The molecule has 0 radical (unpaired) electrons. The topological polar surface area (TPSA) is 102 Å². The highest BCUT2D eigenvalue weighted by Gasteiger charge is 2.30. The summed E-state index contributed by atoms with van der Waals surface area (Å²) in [4.78, 5) is 27.1. The Morgan fingerprint density at radius 3 is 2.74 bits per heavy atom. The molecule has 1 aliphatic carbocycles. The molecule has 1 fully saturated rings. The van der Waals surface area contributed by atoms with Crippen molar-refractivity contribution in [2.75, 3.05) is 13.7 Å². The molecule has 0 atom stereocenters. The lowest BCUT2D eigenvalue weighted by atomic mass is 9.85. The first-order valence-corrected chi connectivity index (χ1v) is 12.0. The summed E-state index contributed by atoms with van der Waals surface area (Å²) < 4.78 is 6.84. The summed E-state index contributed by atoms with van der Waals surface area (Å²) >= 11 is 0. The van der Waals surface area contributed by atoms with Crippen LogP contribution < -0.4 is 10.1 Å². The van der Waals surface area contributed by atoms with Crippen LogP contribution in [0.3, 0.4) is 0 Å². The molecule has 0 spiro atoms. The second kappa shape index (κ2) is 9.79. The number of carbonyl (C=O) groups excluding carboxylic acids is 2. The van der Waals surface area contributed by atoms with Crippen molar-refractivity contribution >= 4 is 17.5 Å². The average Bonchev–Trinajstić information content (AvgIpc) is 3.40. The number of aromatic nitrogens is 4. The second-order valence-electron chi connectivity index (χ2n) is 9.24. The SMILES string of the molecule is COc1ccc2nnc(CCCC(=O)NC3CCC(CN4Cc5ccccc5C4=O)CC3)n2n1. The standard InChI is InChI=1S/C25H30N6O3/c1-34-24-14-13-22-28-27-21(31(22)29-24)7-4-8-23(32)26-19-11-9-17(10-12-19)15-30-16-18-5-2-3-6-20(18)25(30)33/h2-3,5-6,13-14,17,19H,4,7-12,15-16H2,1H3,(H,26,32). The minimum absolute atomic E-state index is 0.0768. The van der Waals surface area contributed by atoms with Gasteiger partial charge in [-0.25, -0.2) is 0 Å². The fraction of sp³-hybridized carbons (Fsp3) is 0.480. The molecule has 0 bridgehead atoms. The fourth-order valence-electron chi connectivity index (χ4n) is 5.05. The van der Waals surface area contributed by atoms with Gasteiger partial charge in [0, 0.05) is 43.6 Å². The molecule has 0 saturated heterocycles. The molecule has 9 nitrogen and oxygen atoms in total. The zero-order valence-electron chi connectivity index (χ0n) is 19.4. The van der Waals surface area contributed by atoms with Crippen molar-refractivity contribution in [2.45, 2.75) is 57.5 Å². The molecule has 3 heterocycles. The number of nitrogens with zero attached hydrogens (tertiary/aromatic N) is 5. The van der Waals surface area contributed by atoms with Crippen LogP contribution in [0.1, 0.15) is 60.3 Å². The number of rotatable bonds is 8. The van der Waals surface area contributed by atoms with Gasteiger partial charge in [-0.3, -0.25) is 9.59 Å². The van der Waals surface area contributed by atoms with Gasteiger partial charge in [-0.15, -0.1) is 15.3 Å². The van der Waals surface area contributed by atoms with Crippen LogP contribution in [0.5, 0.6) is 5.88 Å². The summed E-state index contributed by atoms with van der Waals surface area (Å²) in [5, 5.41) is 15.8. The molecule has 2 aliphatic rings. The lowest BCUT2D eigenvalue weighted by Gasteiger charge is -2.31. The third kappa shape index (κ3) is 4.73. The number of methoxy groups -OCH3 is 1. The second-order valence-corrected chi connectivity index (χ2v) is 9.24. The summed E-state index contributed by atoms with van der Waals surface area (Å²) in [6.45, 7) is 1.52. The maximum atomic E-state index is 12.6. The smallest absolute Gasteiger partial charge is 0.254 e. The molecule has 5 rings (SSSR count). The summed E-state index contributed by atoms with van der Waals surface area (Å²) in [6, 6.07) is 11.7. The van der Waals surface area contributed by atoms with Crippen molar-refractivity contribution in [3.8, 4) is 5.88 Å². The summed E-state index contributed by atoms with van der Waals surface area (Å²) in [5.74, 6) is 1.95. The zero-order chi connectivity index (χ0) is 23.5. The largest absolute Gasteiger partial charge is 0.480 e. The van der Waals surface area contributed by atoms with E-state index < -0.39 is 0 Å². The maximum absolute atomic E-state index is 12.6. The maximum Gasteiger partial charge on any atom is 0.254 e. The third-order valence-corrected chi connectivity index (χ3v) is 6.90. The van der Waals surface area contributed by atoms with Gasteiger partial charge in [0.15, 0.2) is 11.5 Å². The van der Waals surface area contributed by atoms with Crippen LogP contribution in [0.25, 0.3) is 5.65 Å². The van der Waals surface area contributed by atoms with Crippen LogP contribution in [0.4, 0.5) is 0 Å². The number of benzene rings is 1. The van der Waals surface area contributed by atoms with E-state index in [-0.39, 0.29) is 17.9 Å². The van der Waals surface area contributed by atoms with Gasteiger partial charge in [0.1, 0.15) is 0 Å². The first kappa shape index (κ1) is 22.3. The van der Waals surface area contributed by atoms with E-state index in [4.69, 9.17) is 4.74 Å². The van der Waals surface area contributed by atoms with Gasteiger partial charge in [0.25, 0.3) is 5.91 Å². The number of hydrogen-bond acceptors (Lipinski definition) is 6. The van der Waals surface area contributed by atoms with Gasteiger partial charge in [-0.05, 0) is 55.7 Å². The highest BCUT2D eigenvalue weighted by molar-refractivity contribution is 5.98. The minimum atomic E-state index is 0.0768. The quantitative estimate of drug-likeness (QED) is 0.552. The predicted molar refractivity (Wildman–Crippen MR) is 125 cm³/mol. The lowest BCUT2D eigenvalue weighted by molar-refractivity contribution is -0.122. The molecular formula is C25H30N6O3. The van der Waals surface area contributed by atoms with E-state index in [0.717, 1.165) is 55.7 Å². The van der Waals surface area contributed by atoms with Crippen LogP contribution in [-0.2, 0) is 17.8 Å². The van der Waals surface area contributed by atoms with Crippen LogP contribution >= 0.6 is 0 Å². The number of fused-ring (bicyclic) bond motifs is 2. The molecular weight excluding hydrogens is 432 g/mol. The number of aryl methyl sites for hydroxylation is 1. The molecule has 1 saturated carbocycles. The molecule has 1 aliphatic heterocycles.